The fourth-order valence-electron chi connectivity index (χ4n) is 1.46. The predicted octanol–water partition coefficient (Wildman–Crippen LogP) is 1.80. The van der Waals surface area contributed by atoms with Gasteiger partial charge in [-0.25, -0.2) is 8.78 Å². The molecule has 0 bridgehead atoms. The molecule has 2 N–H and O–H groups in total. The fourth-order valence-corrected chi connectivity index (χ4v) is 1.46. The van der Waals surface area contributed by atoms with E-state index in [2.05, 4.69) is 5.32 Å². The molecule has 1 unspecified atom stereocenters. The van der Waals surface area contributed by atoms with Crippen LogP contribution in [0.25, 0.3) is 0 Å². The Morgan fingerprint density at radius 2 is 2.06 bits per heavy atom. The monoisotopic (exact) mass is 259 g/mol. The number of carboxylic acid groups (broad SMARTS) is 1. The van der Waals surface area contributed by atoms with Gasteiger partial charge in [0, 0.05) is 6.42 Å². The van der Waals surface area contributed by atoms with Gasteiger partial charge in [-0.05, 0) is 18.7 Å². The fraction of sp³-hybridized carbons (Fsp3) is 0.417. The lowest BCUT2D eigenvalue weighted by molar-refractivity contribution is -0.139. The molecule has 0 aromatic heterocycles. The van der Waals surface area contributed by atoms with Crippen LogP contribution in [0.2, 0.25) is 0 Å². The molecule has 0 spiro atoms. The van der Waals surface area contributed by atoms with Crippen LogP contribution in [0, 0.1) is 11.6 Å². The second-order valence-electron chi connectivity index (χ2n) is 3.64. The van der Waals surface area contributed by atoms with E-state index in [9.17, 15) is 13.6 Å². The molecular weight excluding hydrogens is 244 g/mol. The Hall–Kier alpha value is -1.69. The largest absolute Gasteiger partial charge is 0.488 e. The predicted molar refractivity (Wildman–Crippen MR) is 61.6 cm³/mol. The van der Waals surface area contributed by atoms with Crippen LogP contribution in [0.4, 0.5) is 8.78 Å². The minimum Gasteiger partial charge on any atom is -0.488 e. The van der Waals surface area contributed by atoms with E-state index in [1.807, 2.05) is 0 Å². The maximum absolute atomic E-state index is 13.2. The van der Waals surface area contributed by atoms with Crippen LogP contribution >= 0.6 is 0 Å². The standard InChI is InChI=1S/C12H15F2NO3/c1-2-15-10(12(16)17)6-7-18-11-8(13)4-3-5-9(11)14/h3-5,10,15H,2,6-7H2,1H3,(H,16,17). The highest BCUT2D eigenvalue weighted by atomic mass is 19.1. The van der Waals surface area contributed by atoms with Crippen molar-refractivity contribution < 1.29 is 23.4 Å². The van der Waals surface area contributed by atoms with Gasteiger partial charge in [0.2, 0.25) is 0 Å². The molecule has 0 aliphatic rings. The van der Waals surface area contributed by atoms with E-state index in [-0.39, 0.29) is 13.0 Å². The van der Waals surface area contributed by atoms with Crippen molar-refractivity contribution in [1.82, 2.24) is 5.32 Å². The van der Waals surface area contributed by atoms with Gasteiger partial charge in [0.1, 0.15) is 6.04 Å². The summed E-state index contributed by atoms with van der Waals surface area (Å²) in [5, 5.41) is 11.6. The number of rotatable bonds is 7. The third-order valence-corrected chi connectivity index (χ3v) is 2.32. The van der Waals surface area contributed by atoms with Crippen molar-refractivity contribution in [2.75, 3.05) is 13.2 Å². The molecule has 1 aromatic rings. The molecule has 0 heterocycles. The summed E-state index contributed by atoms with van der Waals surface area (Å²) < 4.78 is 31.3. The zero-order valence-corrected chi connectivity index (χ0v) is 9.95. The topological polar surface area (TPSA) is 58.6 Å². The molecule has 100 valence electrons. The SMILES string of the molecule is CCNC(CCOc1c(F)cccc1F)C(=O)O. The van der Waals surface area contributed by atoms with Crippen LogP contribution in [0.1, 0.15) is 13.3 Å². The van der Waals surface area contributed by atoms with Gasteiger partial charge in [-0.15, -0.1) is 0 Å². The van der Waals surface area contributed by atoms with E-state index in [1.165, 1.54) is 6.07 Å². The lowest BCUT2D eigenvalue weighted by Crippen LogP contribution is -2.37. The van der Waals surface area contributed by atoms with Crippen molar-refractivity contribution in [1.29, 1.82) is 0 Å². The lowest BCUT2D eigenvalue weighted by Gasteiger charge is -2.14. The van der Waals surface area contributed by atoms with Crippen LogP contribution in [0.3, 0.4) is 0 Å². The minimum absolute atomic E-state index is 0.0815. The highest BCUT2D eigenvalue weighted by molar-refractivity contribution is 5.73. The number of carbonyl (C=O) groups is 1. The van der Waals surface area contributed by atoms with Gasteiger partial charge in [0.05, 0.1) is 6.61 Å². The molecule has 0 radical (unpaired) electrons. The molecule has 0 fully saturated rings. The molecule has 0 aliphatic heterocycles. The van der Waals surface area contributed by atoms with Crippen molar-refractivity contribution in [3.05, 3.63) is 29.8 Å². The van der Waals surface area contributed by atoms with Crippen LogP contribution in [-0.2, 0) is 4.79 Å². The number of para-hydroxylation sites is 1. The average Bonchev–Trinajstić information content (AvgIpc) is 2.31. The normalized spacial score (nSPS) is 12.2. The quantitative estimate of drug-likeness (QED) is 0.784. The summed E-state index contributed by atoms with van der Waals surface area (Å²) in [6, 6.07) is 2.61. The Balaban J connectivity index is 2.52. The highest BCUT2D eigenvalue weighted by Crippen LogP contribution is 2.20. The first-order valence-corrected chi connectivity index (χ1v) is 5.59. The number of carboxylic acids is 1. The Bertz CT molecular complexity index is 392. The second-order valence-corrected chi connectivity index (χ2v) is 3.64. The molecule has 1 rings (SSSR count). The van der Waals surface area contributed by atoms with Crippen molar-refractivity contribution in [3.63, 3.8) is 0 Å². The van der Waals surface area contributed by atoms with Gasteiger partial charge in [0.15, 0.2) is 17.4 Å². The molecule has 0 amide bonds. The number of benzene rings is 1. The third-order valence-electron chi connectivity index (χ3n) is 2.32. The summed E-state index contributed by atoms with van der Waals surface area (Å²) in [6.45, 7) is 2.18. The van der Waals surface area contributed by atoms with E-state index in [4.69, 9.17) is 9.84 Å². The van der Waals surface area contributed by atoms with E-state index >= 15 is 0 Å². The number of nitrogens with one attached hydrogen (secondary N) is 1. The van der Waals surface area contributed by atoms with Crippen molar-refractivity contribution in [2.24, 2.45) is 0 Å². The number of ether oxygens (including phenoxy) is 1. The number of aliphatic carboxylic acids is 1. The Labute approximate surface area is 104 Å². The summed E-state index contributed by atoms with van der Waals surface area (Å²) in [6.07, 6.45) is 0.122. The molecule has 0 saturated heterocycles. The molecule has 0 saturated carbocycles. The summed E-state index contributed by atoms with van der Waals surface area (Å²) in [5.74, 6) is -3.09. The van der Waals surface area contributed by atoms with E-state index in [0.29, 0.717) is 6.54 Å². The number of likely N-dealkylation sites (N-methyl/N-ethyl adjacent to an activating group) is 1. The van der Waals surface area contributed by atoms with E-state index < -0.39 is 29.4 Å². The van der Waals surface area contributed by atoms with Gasteiger partial charge < -0.3 is 15.2 Å². The highest BCUT2D eigenvalue weighted by Gasteiger charge is 2.17. The van der Waals surface area contributed by atoms with E-state index in [0.717, 1.165) is 12.1 Å². The van der Waals surface area contributed by atoms with Crippen molar-refractivity contribution in [2.45, 2.75) is 19.4 Å². The molecule has 18 heavy (non-hydrogen) atoms. The van der Waals surface area contributed by atoms with Gasteiger partial charge in [0.25, 0.3) is 0 Å². The van der Waals surface area contributed by atoms with Crippen LogP contribution in [0.5, 0.6) is 5.75 Å². The number of hydrogen-bond donors (Lipinski definition) is 2. The zero-order chi connectivity index (χ0) is 13.5. The summed E-state index contributed by atoms with van der Waals surface area (Å²) in [7, 11) is 0. The Morgan fingerprint density at radius 3 is 2.56 bits per heavy atom. The number of halogens is 2. The second kappa shape index (κ2) is 6.90. The van der Waals surface area contributed by atoms with Crippen LogP contribution in [-0.4, -0.2) is 30.3 Å². The van der Waals surface area contributed by atoms with Gasteiger partial charge in [-0.3, -0.25) is 4.79 Å². The van der Waals surface area contributed by atoms with Crippen molar-refractivity contribution >= 4 is 5.97 Å². The summed E-state index contributed by atoms with van der Waals surface area (Å²) in [5.41, 5.74) is 0. The lowest BCUT2D eigenvalue weighted by atomic mass is 10.2. The van der Waals surface area contributed by atoms with Crippen molar-refractivity contribution in [3.8, 4) is 5.75 Å². The smallest absolute Gasteiger partial charge is 0.320 e. The number of hydrogen-bond acceptors (Lipinski definition) is 3. The first kappa shape index (κ1) is 14.4. The molecule has 4 nitrogen and oxygen atoms in total. The molecule has 1 aromatic carbocycles. The Morgan fingerprint density at radius 1 is 1.44 bits per heavy atom. The van der Waals surface area contributed by atoms with Gasteiger partial charge in [-0.2, -0.15) is 0 Å². The molecular formula is C12H15F2NO3. The maximum atomic E-state index is 13.2. The third kappa shape index (κ3) is 3.96. The van der Waals surface area contributed by atoms with Crippen LogP contribution in [0.15, 0.2) is 18.2 Å². The first-order valence-electron chi connectivity index (χ1n) is 5.59. The maximum Gasteiger partial charge on any atom is 0.320 e. The first-order chi connectivity index (χ1) is 8.56. The molecule has 0 aliphatic carbocycles. The minimum atomic E-state index is -1.02. The summed E-state index contributed by atoms with van der Waals surface area (Å²) >= 11 is 0. The van der Waals surface area contributed by atoms with Crippen LogP contribution < -0.4 is 10.1 Å². The zero-order valence-electron chi connectivity index (χ0n) is 9.95. The van der Waals surface area contributed by atoms with Gasteiger partial charge in [-0.1, -0.05) is 13.0 Å². The van der Waals surface area contributed by atoms with E-state index in [1.54, 1.807) is 6.92 Å². The van der Waals surface area contributed by atoms with Gasteiger partial charge >= 0.3 is 5.97 Å². The molecule has 1 atom stereocenters. The molecule has 6 heteroatoms. The Kier molecular flexibility index (Phi) is 5.51. The summed E-state index contributed by atoms with van der Waals surface area (Å²) in [4.78, 5) is 10.8. The average molecular weight is 259 g/mol.